The van der Waals surface area contributed by atoms with Crippen molar-refractivity contribution >= 4 is 17.2 Å². The van der Waals surface area contributed by atoms with Crippen molar-refractivity contribution in [2.75, 3.05) is 0 Å². The van der Waals surface area contributed by atoms with Crippen molar-refractivity contribution in [1.82, 2.24) is 4.98 Å². The Morgan fingerprint density at radius 1 is 1.57 bits per heavy atom. The molecule has 78 valence electrons. The Bertz CT molecular complexity index is 304. The van der Waals surface area contributed by atoms with Crippen LogP contribution in [0.2, 0.25) is 0 Å². The van der Waals surface area contributed by atoms with E-state index in [4.69, 9.17) is 5.73 Å². The van der Waals surface area contributed by atoms with Crippen LogP contribution in [-0.4, -0.2) is 10.8 Å². The topological polar surface area (TPSA) is 51.3 Å². The normalized spacial score (nSPS) is 12.0. The lowest BCUT2D eigenvalue weighted by Gasteiger charge is -1.95. The van der Waals surface area contributed by atoms with E-state index in [2.05, 4.69) is 23.8 Å². The Morgan fingerprint density at radius 3 is 2.93 bits per heavy atom. The lowest BCUT2D eigenvalue weighted by Crippen LogP contribution is -2.10. The highest BCUT2D eigenvalue weighted by Gasteiger charge is 1.99. The van der Waals surface area contributed by atoms with E-state index in [0.717, 1.165) is 30.1 Å². The van der Waals surface area contributed by atoms with E-state index >= 15 is 0 Å². The molecule has 0 unspecified atom stereocenters. The van der Waals surface area contributed by atoms with Gasteiger partial charge in [0, 0.05) is 17.5 Å². The van der Waals surface area contributed by atoms with Crippen molar-refractivity contribution in [3.63, 3.8) is 0 Å². The van der Waals surface area contributed by atoms with E-state index in [0.29, 0.717) is 6.54 Å². The molecule has 1 aromatic rings. The fraction of sp³-hybridized carbons (Fsp3) is 0.600. The number of nitrogens with two attached hydrogens (primary N) is 1. The number of rotatable bonds is 5. The van der Waals surface area contributed by atoms with Crippen LogP contribution in [0, 0.1) is 0 Å². The van der Waals surface area contributed by atoms with E-state index < -0.39 is 0 Å². The maximum atomic E-state index is 5.70. The van der Waals surface area contributed by atoms with Gasteiger partial charge in [-0.05, 0) is 12.8 Å². The summed E-state index contributed by atoms with van der Waals surface area (Å²) in [6.07, 6.45) is 4.90. The van der Waals surface area contributed by atoms with Crippen molar-refractivity contribution in [1.29, 1.82) is 0 Å². The maximum Gasteiger partial charge on any atom is 0.114 e. The number of amidine groups is 1. The van der Waals surface area contributed by atoms with Gasteiger partial charge in [-0.2, -0.15) is 0 Å². The second-order valence-electron chi connectivity index (χ2n) is 3.13. The van der Waals surface area contributed by atoms with Crippen molar-refractivity contribution in [2.45, 2.75) is 39.7 Å². The van der Waals surface area contributed by atoms with Gasteiger partial charge in [0.25, 0.3) is 0 Å². The molecule has 0 fully saturated rings. The first-order chi connectivity index (χ1) is 6.76. The highest BCUT2D eigenvalue weighted by atomic mass is 32.1. The molecule has 0 saturated heterocycles. The Balaban J connectivity index is 2.48. The molecule has 0 atom stereocenters. The summed E-state index contributed by atoms with van der Waals surface area (Å²) in [5.41, 5.74) is 5.70. The molecule has 1 heterocycles. The summed E-state index contributed by atoms with van der Waals surface area (Å²) in [7, 11) is 0. The fourth-order valence-corrected chi connectivity index (χ4v) is 1.88. The molecular weight excluding hydrogens is 194 g/mol. The standard InChI is InChI=1S/C10H17N3S/c1-3-5-9(11)12-7-10-13-6-8(4-2)14-10/h6H,3-5,7H2,1-2H3,(H2,11,12). The number of nitrogens with zero attached hydrogens (tertiary/aromatic N) is 2. The summed E-state index contributed by atoms with van der Waals surface area (Å²) in [5.74, 6) is 0.737. The van der Waals surface area contributed by atoms with E-state index in [-0.39, 0.29) is 0 Å². The molecule has 1 aromatic heterocycles. The van der Waals surface area contributed by atoms with Gasteiger partial charge < -0.3 is 5.73 Å². The number of hydrogen-bond donors (Lipinski definition) is 1. The number of aliphatic imine (C=N–C) groups is 1. The minimum atomic E-state index is 0.635. The van der Waals surface area contributed by atoms with E-state index in [1.54, 1.807) is 11.3 Å². The third-order valence-electron chi connectivity index (χ3n) is 1.87. The van der Waals surface area contributed by atoms with Crippen LogP contribution in [0.5, 0.6) is 0 Å². The molecule has 2 N–H and O–H groups in total. The summed E-state index contributed by atoms with van der Waals surface area (Å²) in [6.45, 7) is 4.86. The van der Waals surface area contributed by atoms with Gasteiger partial charge in [-0.25, -0.2) is 4.98 Å². The Hall–Kier alpha value is -0.900. The quantitative estimate of drug-likeness (QED) is 0.600. The van der Waals surface area contributed by atoms with Crippen LogP contribution in [0.3, 0.4) is 0 Å². The monoisotopic (exact) mass is 211 g/mol. The Morgan fingerprint density at radius 2 is 2.36 bits per heavy atom. The van der Waals surface area contributed by atoms with E-state index in [1.807, 2.05) is 6.20 Å². The van der Waals surface area contributed by atoms with Crippen LogP contribution in [0.25, 0.3) is 0 Å². The molecule has 0 spiro atoms. The van der Waals surface area contributed by atoms with Gasteiger partial charge in [-0.3, -0.25) is 4.99 Å². The molecule has 3 nitrogen and oxygen atoms in total. The first kappa shape index (κ1) is 11.2. The van der Waals surface area contributed by atoms with Crippen molar-refractivity contribution < 1.29 is 0 Å². The van der Waals surface area contributed by atoms with Crippen LogP contribution >= 0.6 is 11.3 Å². The highest BCUT2D eigenvalue weighted by molar-refractivity contribution is 7.11. The van der Waals surface area contributed by atoms with Gasteiger partial charge in [0.15, 0.2) is 0 Å². The van der Waals surface area contributed by atoms with Crippen LogP contribution < -0.4 is 5.73 Å². The molecule has 0 radical (unpaired) electrons. The molecule has 0 aliphatic rings. The van der Waals surface area contributed by atoms with E-state index in [9.17, 15) is 0 Å². The predicted molar refractivity (Wildman–Crippen MR) is 61.7 cm³/mol. The minimum absolute atomic E-state index is 0.635. The maximum absolute atomic E-state index is 5.70. The lowest BCUT2D eigenvalue weighted by molar-refractivity contribution is 0.949. The smallest absolute Gasteiger partial charge is 0.114 e. The molecule has 0 aromatic carbocycles. The number of aromatic nitrogens is 1. The molecule has 0 aliphatic carbocycles. The summed E-state index contributed by atoms with van der Waals surface area (Å²) in [5, 5.41) is 1.06. The minimum Gasteiger partial charge on any atom is -0.387 e. The van der Waals surface area contributed by atoms with Crippen LogP contribution in [0.1, 0.15) is 36.6 Å². The van der Waals surface area contributed by atoms with Gasteiger partial charge in [0.2, 0.25) is 0 Å². The second kappa shape index (κ2) is 5.75. The SMILES string of the molecule is CCCC(N)=NCc1ncc(CC)s1. The Kier molecular flexibility index (Phi) is 4.59. The first-order valence-electron chi connectivity index (χ1n) is 4.98. The number of thiazole rings is 1. The van der Waals surface area contributed by atoms with Crippen LogP contribution in [-0.2, 0) is 13.0 Å². The summed E-state index contributed by atoms with van der Waals surface area (Å²) in [6, 6.07) is 0. The lowest BCUT2D eigenvalue weighted by atomic mass is 10.3. The molecule has 4 heteroatoms. The van der Waals surface area contributed by atoms with Gasteiger partial charge >= 0.3 is 0 Å². The summed E-state index contributed by atoms with van der Waals surface area (Å²) < 4.78 is 0. The average Bonchev–Trinajstić information content (AvgIpc) is 2.63. The third-order valence-corrected chi connectivity index (χ3v) is 3.00. The average molecular weight is 211 g/mol. The molecule has 0 amide bonds. The molecule has 0 saturated carbocycles. The number of hydrogen-bond acceptors (Lipinski definition) is 3. The zero-order valence-corrected chi connectivity index (χ0v) is 9.60. The summed E-state index contributed by atoms with van der Waals surface area (Å²) in [4.78, 5) is 9.86. The molecule has 14 heavy (non-hydrogen) atoms. The van der Waals surface area contributed by atoms with Gasteiger partial charge in [-0.1, -0.05) is 13.8 Å². The Labute approximate surface area is 89.1 Å². The number of aryl methyl sites for hydroxylation is 1. The molecule has 1 rings (SSSR count). The molecule has 0 bridgehead atoms. The zero-order chi connectivity index (χ0) is 10.4. The molecule has 0 aliphatic heterocycles. The van der Waals surface area contributed by atoms with Crippen LogP contribution in [0.15, 0.2) is 11.2 Å². The zero-order valence-electron chi connectivity index (χ0n) is 8.79. The van der Waals surface area contributed by atoms with Crippen molar-refractivity contribution in [2.24, 2.45) is 10.7 Å². The first-order valence-corrected chi connectivity index (χ1v) is 5.80. The highest BCUT2D eigenvalue weighted by Crippen LogP contribution is 2.14. The largest absolute Gasteiger partial charge is 0.387 e. The summed E-state index contributed by atoms with van der Waals surface area (Å²) >= 11 is 1.72. The van der Waals surface area contributed by atoms with Gasteiger partial charge in [-0.15, -0.1) is 11.3 Å². The van der Waals surface area contributed by atoms with Gasteiger partial charge in [0.05, 0.1) is 12.4 Å². The van der Waals surface area contributed by atoms with Crippen molar-refractivity contribution in [3.8, 4) is 0 Å². The predicted octanol–water partition coefficient (Wildman–Crippen LogP) is 2.36. The van der Waals surface area contributed by atoms with Crippen LogP contribution in [0.4, 0.5) is 0 Å². The second-order valence-corrected chi connectivity index (χ2v) is 4.33. The van der Waals surface area contributed by atoms with E-state index in [1.165, 1.54) is 4.88 Å². The molecular formula is C10H17N3S. The van der Waals surface area contributed by atoms with Gasteiger partial charge in [0.1, 0.15) is 5.01 Å². The third kappa shape index (κ3) is 3.46. The fourth-order valence-electron chi connectivity index (χ4n) is 1.09. The van der Waals surface area contributed by atoms with Crippen molar-refractivity contribution in [3.05, 3.63) is 16.1 Å².